The van der Waals surface area contributed by atoms with Gasteiger partial charge in [0.25, 0.3) is 0 Å². The molecule has 0 radical (unpaired) electrons. The van der Waals surface area contributed by atoms with Crippen LogP contribution in [0.25, 0.3) is 0 Å². The van der Waals surface area contributed by atoms with E-state index in [9.17, 15) is 0 Å². The van der Waals surface area contributed by atoms with Crippen LogP contribution in [-0.4, -0.2) is 24.0 Å². The third-order valence-electron chi connectivity index (χ3n) is 3.74. The first kappa shape index (κ1) is 11.7. The van der Waals surface area contributed by atoms with Gasteiger partial charge >= 0.3 is 0 Å². The lowest BCUT2D eigenvalue weighted by atomic mass is 9.88. The van der Waals surface area contributed by atoms with E-state index in [1.807, 2.05) is 0 Å². The lowest BCUT2D eigenvalue weighted by molar-refractivity contribution is 0.162. The SMILES string of the molecule is CC(C)N1CCC(C2=CC=CCC=C2)CC1. The topological polar surface area (TPSA) is 3.24 Å². The van der Waals surface area contributed by atoms with Crippen molar-refractivity contribution in [3.05, 3.63) is 36.0 Å². The molecule has 1 fully saturated rings. The van der Waals surface area contributed by atoms with Crippen LogP contribution in [-0.2, 0) is 0 Å². The minimum Gasteiger partial charge on any atom is -0.301 e. The van der Waals surface area contributed by atoms with Gasteiger partial charge in [-0.15, -0.1) is 0 Å². The second-order valence-electron chi connectivity index (χ2n) is 5.14. The van der Waals surface area contributed by atoms with Crippen LogP contribution in [0.15, 0.2) is 36.0 Å². The van der Waals surface area contributed by atoms with E-state index in [-0.39, 0.29) is 0 Å². The predicted molar refractivity (Wildman–Crippen MR) is 70.4 cm³/mol. The molecule has 1 heterocycles. The van der Waals surface area contributed by atoms with E-state index >= 15 is 0 Å². The van der Waals surface area contributed by atoms with Crippen molar-refractivity contribution >= 4 is 0 Å². The van der Waals surface area contributed by atoms with Gasteiger partial charge in [0.15, 0.2) is 0 Å². The van der Waals surface area contributed by atoms with Gasteiger partial charge < -0.3 is 4.90 Å². The van der Waals surface area contributed by atoms with Crippen LogP contribution in [0, 0.1) is 5.92 Å². The van der Waals surface area contributed by atoms with Crippen LogP contribution >= 0.6 is 0 Å². The Balaban J connectivity index is 1.93. The summed E-state index contributed by atoms with van der Waals surface area (Å²) in [6.45, 7) is 7.12. The quantitative estimate of drug-likeness (QED) is 0.683. The van der Waals surface area contributed by atoms with Crippen molar-refractivity contribution in [1.29, 1.82) is 0 Å². The van der Waals surface area contributed by atoms with Gasteiger partial charge in [0, 0.05) is 6.04 Å². The highest BCUT2D eigenvalue weighted by molar-refractivity contribution is 5.29. The van der Waals surface area contributed by atoms with E-state index in [0.29, 0.717) is 6.04 Å². The molecule has 0 bridgehead atoms. The lowest BCUT2D eigenvalue weighted by Gasteiger charge is -2.35. The van der Waals surface area contributed by atoms with Gasteiger partial charge in [-0.3, -0.25) is 0 Å². The average molecular weight is 217 g/mol. The number of allylic oxidation sites excluding steroid dienone is 6. The van der Waals surface area contributed by atoms with Gasteiger partial charge in [-0.05, 0) is 57.7 Å². The fraction of sp³-hybridized carbons (Fsp3) is 0.600. The molecule has 2 rings (SSSR count). The summed E-state index contributed by atoms with van der Waals surface area (Å²) in [7, 11) is 0. The molecule has 1 heteroatoms. The Kier molecular flexibility index (Phi) is 4.00. The zero-order valence-electron chi connectivity index (χ0n) is 10.5. The highest BCUT2D eigenvalue weighted by atomic mass is 15.1. The maximum absolute atomic E-state index is 2.59. The number of piperidine rings is 1. The van der Waals surface area contributed by atoms with Gasteiger partial charge in [-0.1, -0.05) is 30.4 Å². The molecule has 88 valence electrons. The smallest absolute Gasteiger partial charge is 0.00385 e. The van der Waals surface area contributed by atoms with Crippen molar-refractivity contribution in [2.75, 3.05) is 13.1 Å². The van der Waals surface area contributed by atoms with E-state index in [1.54, 1.807) is 0 Å². The van der Waals surface area contributed by atoms with Crippen LogP contribution < -0.4 is 0 Å². The van der Waals surface area contributed by atoms with Crippen molar-refractivity contribution in [2.24, 2.45) is 5.92 Å². The predicted octanol–water partition coefficient (Wildman–Crippen LogP) is 3.55. The molecule has 0 spiro atoms. The van der Waals surface area contributed by atoms with E-state index < -0.39 is 0 Å². The molecule has 0 aromatic rings. The number of hydrogen-bond acceptors (Lipinski definition) is 1. The zero-order valence-corrected chi connectivity index (χ0v) is 10.5. The van der Waals surface area contributed by atoms with Crippen molar-refractivity contribution in [2.45, 2.75) is 39.2 Å². The molecule has 0 saturated carbocycles. The number of nitrogens with zero attached hydrogens (tertiary/aromatic N) is 1. The second kappa shape index (κ2) is 5.49. The molecule has 1 nitrogen and oxygen atoms in total. The first-order valence-electron chi connectivity index (χ1n) is 6.54. The van der Waals surface area contributed by atoms with Crippen LogP contribution in [0.5, 0.6) is 0 Å². The highest BCUT2D eigenvalue weighted by Crippen LogP contribution is 2.27. The maximum Gasteiger partial charge on any atom is 0.00385 e. The van der Waals surface area contributed by atoms with Crippen molar-refractivity contribution in [3.8, 4) is 0 Å². The monoisotopic (exact) mass is 217 g/mol. The first-order chi connectivity index (χ1) is 7.77. The van der Waals surface area contributed by atoms with Crippen molar-refractivity contribution < 1.29 is 0 Å². The molecule has 0 unspecified atom stereocenters. The molecular formula is C15H23N. The molecule has 1 aliphatic heterocycles. The summed E-state index contributed by atoms with van der Waals surface area (Å²) in [6, 6.07) is 0.708. The summed E-state index contributed by atoms with van der Waals surface area (Å²) in [6.07, 6.45) is 15.1. The van der Waals surface area contributed by atoms with Crippen LogP contribution in [0.4, 0.5) is 0 Å². The first-order valence-corrected chi connectivity index (χ1v) is 6.54. The maximum atomic E-state index is 2.59. The van der Waals surface area contributed by atoms with Gasteiger partial charge in [0.2, 0.25) is 0 Å². The summed E-state index contributed by atoms with van der Waals surface area (Å²) in [5.74, 6) is 0.786. The Morgan fingerprint density at radius 3 is 2.62 bits per heavy atom. The normalized spacial score (nSPS) is 23.6. The Hall–Kier alpha value is -0.820. The van der Waals surface area contributed by atoms with Crippen LogP contribution in [0.2, 0.25) is 0 Å². The Morgan fingerprint density at radius 1 is 1.19 bits per heavy atom. The molecular weight excluding hydrogens is 194 g/mol. The lowest BCUT2D eigenvalue weighted by Crippen LogP contribution is -2.38. The number of likely N-dealkylation sites (tertiary alicyclic amines) is 1. The third kappa shape index (κ3) is 2.85. The second-order valence-corrected chi connectivity index (χ2v) is 5.14. The van der Waals surface area contributed by atoms with Crippen LogP contribution in [0.3, 0.4) is 0 Å². The fourth-order valence-corrected chi connectivity index (χ4v) is 2.62. The van der Waals surface area contributed by atoms with E-state index in [2.05, 4.69) is 49.1 Å². The number of rotatable bonds is 2. The Bertz CT molecular complexity index is 301. The van der Waals surface area contributed by atoms with Crippen molar-refractivity contribution in [1.82, 2.24) is 4.90 Å². The summed E-state index contributed by atoms with van der Waals surface area (Å²) in [4.78, 5) is 2.59. The molecule has 2 aliphatic rings. The molecule has 0 aromatic carbocycles. The molecule has 0 N–H and O–H groups in total. The zero-order chi connectivity index (χ0) is 11.4. The van der Waals surface area contributed by atoms with Crippen molar-refractivity contribution in [3.63, 3.8) is 0 Å². The Morgan fingerprint density at radius 2 is 1.94 bits per heavy atom. The molecule has 1 saturated heterocycles. The minimum absolute atomic E-state index is 0.708. The molecule has 0 atom stereocenters. The van der Waals surface area contributed by atoms with Crippen LogP contribution in [0.1, 0.15) is 33.1 Å². The summed E-state index contributed by atoms with van der Waals surface area (Å²) in [5, 5.41) is 0. The number of hydrogen-bond donors (Lipinski definition) is 0. The summed E-state index contributed by atoms with van der Waals surface area (Å²) in [5.41, 5.74) is 1.54. The molecule has 0 amide bonds. The third-order valence-corrected chi connectivity index (χ3v) is 3.74. The summed E-state index contributed by atoms with van der Waals surface area (Å²) >= 11 is 0. The standard InChI is InChI=1S/C15H23N/c1-13(2)16-11-9-15(10-12-16)14-7-5-3-4-6-8-14/h3,5-8,13,15H,4,9-12H2,1-2H3. The van der Waals surface area contributed by atoms with E-state index in [1.165, 1.54) is 31.5 Å². The molecule has 0 aromatic heterocycles. The molecule has 1 aliphatic carbocycles. The minimum atomic E-state index is 0.708. The largest absolute Gasteiger partial charge is 0.301 e. The van der Waals surface area contributed by atoms with Gasteiger partial charge in [-0.25, -0.2) is 0 Å². The van der Waals surface area contributed by atoms with E-state index in [4.69, 9.17) is 0 Å². The fourth-order valence-electron chi connectivity index (χ4n) is 2.62. The van der Waals surface area contributed by atoms with E-state index in [0.717, 1.165) is 12.3 Å². The summed E-state index contributed by atoms with van der Waals surface area (Å²) < 4.78 is 0. The Labute approximate surface area is 99.5 Å². The van der Waals surface area contributed by atoms with Gasteiger partial charge in [0.1, 0.15) is 0 Å². The highest BCUT2D eigenvalue weighted by Gasteiger charge is 2.22. The van der Waals surface area contributed by atoms with Gasteiger partial charge in [-0.2, -0.15) is 0 Å². The average Bonchev–Trinajstić information content (AvgIpc) is 2.57. The molecule has 16 heavy (non-hydrogen) atoms. The van der Waals surface area contributed by atoms with Gasteiger partial charge in [0.05, 0.1) is 0 Å².